The number of nitrogens with zero attached hydrogens (tertiary/aromatic N) is 2. The quantitative estimate of drug-likeness (QED) is 0.509. The normalized spacial score (nSPS) is 14.5. The first-order valence-electron chi connectivity index (χ1n) is 11.8. The molecule has 1 aliphatic rings. The molecule has 0 aliphatic carbocycles. The smallest absolute Gasteiger partial charge is 0.255 e. The number of ether oxygens (including phenoxy) is 1. The summed E-state index contributed by atoms with van der Waals surface area (Å²) in [7, 11) is 0. The van der Waals surface area contributed by atoms with Crippen molar-refractivity contribution in [2.45, 2.75) is 39.0 Å². The number of hydrogen-bond acceptors (Lipinski definition) is 4. The van der Waals surface area contributed by atoms with Gasteiger partial charge in [0.15, 0.2) is 0 Å². The van der Waals surface area contributed by atoms with Gasteiger partial charge in [0.1, 0.15) is 0 Å². The zero-order valence-corrected chi connectivity index (χ0v) is 19.4. The fourth-order valence-corrected chi connectivity index (χ4v) is 4.45. The highest BCUT2D eigenvalue weighted by molar-refractivity contribution is 6.05. The maximum atomic E-state index is 13.2. The molecule has 1 fully saturated rings. The Morgan fingerprint density at radius 3 is 2.73 bits per heavy atom. The lowest BCUT2D eigenvalue weighted by Gasteiger charge is -2.32. The van der Waals surface area contributed by atoms with Crippen LogP contribution in [-0.2, 0) is 4.74 Å². The van der Waals surface area contributed by atoms with Crippen LogP contribution in [0.25, 0.3) is 10.9 Å². The molecular formula is C26H32N4O3. The molecule has 2 N–H and O–H groups in total. The molecule has 0 spiro atoms. The number of benzene rings is 1. The minimum absolute atomic E-state index is 0.0451. The molecule has 2 aromatic heterocycles. The number of para-hydroxylation sites is 1. The van der Waals surface area contributed by atoms with E-state index in [1.165, 1.54) is 0 Å². The molecule has 1 aromatic carbocycles. The molecule has 1 aliphatic heterocycles. The second-order valence-electron chi connectivity index (χ2n) is 8.57. The summed E-state index contributed by atoms with van der Waals surface area (Å²) in [4.78, 5) is 35.9. The molecule has 0 atom stereocenters. The summed E-state index contributed by atoms with van der Waals surface area (Å²) >= 11 is 0. The molecule has 2 amide bonds. The fourth-order valence-electron chi connectivity index (χ4n) is 4.45. The van der Waals surface area contributed by atoms with E-state index in [4.69, 9.17) is 9.72 Å². The van der Waals surface area contributed by atoms with Crippen molar-refractivity contribution in [2.75, 3.05) is 32.8 Å². The van der Waals surface area contributed by atoms with Gasteiger partial charge in [0.05, 0.1) is 28.9 Å². The average Bonchev–Trinajstić information content (AvgIpc) is 3.32. The van der Waals surface area contributed by atoms with E-state index in [1.807, 2.05) is 54.4 Å². The molecule has 4 rings (SSSR count). The van der Waals surface area contributed by atoms with Gasteiger partial charge in [0, 0.05) is 49.4 Å². The third-order valence-corrected chi connectivity index (χ3v) is 6.18. The second-order valence-corrected chi connectivity index (χ2v) is 8.57. The van der Waals surface area contributed by atoms with Crippen LogP contribution in [-0.4, -0.2) is 59.5 Å². The van der Waals surface area contributed by atoms with Crippen molar-refractivity contribution < 1.29 is 14.3 Å². The summed E-state index contributed by atoms with van der Waals surface area (Å²) in [6.45, 7) is 6.96. The van der Waals surface area contributed by atoms with E-state index < -0.39 is 0 Å². The Morgan fingerprint density at radius 1 is 1.12 bits per heavy atom. The summed E-state index contributed by atoms with van der Waals surface area (Å²) in [5, 5.41) is 3.99. The molecule has 3 heterocycles. The number of aryl methyl sites for hydroxylation is 1. The lowest BCUT2D eigenvalue weighted by atomic mass is 9.89. The number of amides is 2. The second kappa shape index (κ2) is 10.6. The first-order chi connectivity index (χ1) is 16.1. The zero-order chi connectivity index (χ0) is 23.2. The van der Waals surface area contributed by atoms with Crippen LogP contribution < -0.4 is 5.32 Å². The SMILES string of the molecule is CCCOCCNC(=O)c1ccc(C)nc1C1CCN(C(=O)c2cccc3cc[nH]c23)CC1. The van der Waals surface area contributed by atoms with E-state index in [2.05, 4.69) is 17.2 Å². The van der Waals surface area contributed by atoms with Crippen LogP contribution in [0.15, 0.2) is 42.6 Å². The monoisotopic (exact) mass is 448 g/mol. The summed E-state index contributed by atoms with van der Waals surface area (Å²) in [6.07, 6.45) is 4.38. The van der Waals surface area contributed by atoms with Crippen LogP contribution in [0.1, 0.15) is 64.2 Å². The Balaban J connectivity index is 1.42. The highest BCUT2D eigenvalue weighted by Gasteiger charge is 2.29. The lowest BCUT2D eigenvalue weighted by molar-refractivity contribution is 0.0712. The predicted octanol–water partition coefficient (Wildman–Crippen LogP) is 4.05. The number of nitrogens with one attached hydrogen (secondary N) is 2. The van der Waals surface area contributed by atoms with Crippen molar-refractivity contribution in [3.8, 4) is 0 Å². The van der Waals surface area contributed by atoms with Gasteiger partial charge >= 0.3 is 0 Å². The Bertz CT molecular complexity index is 1120. The standard InChI is InChI=1S/C26H32N4O3/c1-3-16-33-17-13-28-25(31)21-8-7-18(2)29-24(21)20-10-14-30(15-11-20)26(32)22-6-4-5-19-9-12-27-23(19)22/h4-9,12,20,27H,3,10-11,13-17H2,1-2H3,(H,28,31). The summed E-state index contributed by atoms with van der Waals surface area (Å²) in [5.41, 5.74) is 3.93. The average molecular weight is 449 g/mol. The van der Waals surface area contributed by atoms with Gasteiger partial charge < -0.3 is 19.9 Å². The van der Waals surface area contributed by atoms with Crippen molar-refractivity contribution in [3.63, 3.8) is 0 Å². The van der Waals surface area contributed by atoms with Crippen molar-refractivity contribution >= 4 is 22.7 Å². The number of likely N-dealkylation sites (tertiary alicyclic amines) is 1. The van der Waals surface area contributed by atoms with Crippen LogP contribution in [0, 0.1) is 6.92 Å². The largest absolute Gasteiger partial charge is 0.380 e. The molecular weight excluding hydrogens is 416 g/mol. The molecule has 7 nitrogen and oxygen atoms in total. The summed E-state index contributed by atoms with van der Waals surface area (Å²) in [5.74, 6) is 0.0746. The lowest BCUT2D eigenvalue weighted by Crippen LogP contribution is -2.38. The Kier molecular flexibility index (Phi) is 7.40. The number of hydrogen-bond donors (Lipinski definition) is 2. The Hall–Kier alpha value is -3.19. The number of rotatable bonds is 8. The zero-order valence-electron chi connectivity index (χ0n) is 19.4. The van der Waals surface area contributed by atoms with Gasteiger partial charge in [-0.15, -0.1) is 0 Å². The van der Waals surface area contributed by atoms with Gasteiger partial charge in [0.2, 0.25) is 0 Å². The van der Waals surface area contributed by atoms with E-state index in [1.54, 1.807) is 0 Å². The molecule has 0 bridgehead atoms. The highest BCUT2D eigenvalue weighted by atomic mass is 16.5. The van der Waals surface area contributed by atoms with Crippen molar-refractivity contribution in [1.29, 1.82) is 0 Å². The van der Waals surface area contributed by atoms with Crippen LogP contribution >= 0.6 is 0 Å². The van der Waals surface area contributed by atoms with Gasteiger partial charge in [-0.2, -0.15) is 0 Å². The Labute approximate surface area is 194 Å². The Morgan fingerprint density at radius 2 is 1.94 bits per heavy atom. The fraction of sp³-hybridized carbons (Fsp3) is 0.423. The minimum Gasteiger partial charge on any atom is -0.380 e. The first-order valence-corrected chi connectivity index (χ1v) is 11.8. The third kappa shape index (κ3) is 5.25. The number of aromatic amines is 1. The van der Waals surface area contributed by atoms with Crippen LogP contribution in [0.4, 0.5) is 0 Å². The summed E-state index contributed by atoms with van der Waals surface area (Å²) in [6, 6.07) is 11.5. The molecule has 0 saturated carbocycles. The number of pyridine rings is 1. The number of piperidine rings is 1. The van der Waals surface area contributed by atoms with Crippen molar-refractivity contribution in [2.24, 2.45) is 0 Å². The third-order valence-electron chi connectivity index (χ3n) is 6.18. The van der Waals surface area contributed by atoms with Crippen molar-refractivity contribution in [3.05, 3.63) is 65.1 Å². The molecule has 33 heavy (non-hydrogen) atoms. The van der Waals surface area contributed by atoms with Gasteiger partial charge in [-0.1, -0.05) is 19.1 Å². The maximum Gasteiger partial charge on any atom is 0.255 e. The van der Waals surface area contributed by atoms with E-state index >= 15 is 0 Å². The van der Waals surface area contributed by atoms with E-state index in [-0.39, 0.29) is 17.7 Å². The van der Waals surface area contributed by atoms with Crippen LogP contribution in [0.2, 0.25) is 0 Å². The number of H-pyrrole nitrogens is 1. The van der Waals surface area contributed by atoms with E-state index in [9.17, 15) is 9.59 Å². The molecule has 3 aromatic rings. The first kappa shape index (κ1) is 23.0. The number of fused-ring (bicyclic) bond motifs is 1. The maximum absolute atomic E-state index is 13.2. The van der Waals surface area contributed by atoms with Gasteiger partial charge in [-0.3, -0.25) is 14.6 Å². The van der Waals surface area contributed by atoms with Crippen molar-refractivity contribution in [1.82, 2.24) is 20.2 Å². The topological polar surface area (TPSA) is 87.3 Å². The minimum atomic E-state index is -0.116. The number of aromatic nitrogens is 2. The van der Waals surface area contributed by atoms with Crippen LogP contribution in [0.3, 0.4) is 0 Å². The van der Waals surface area contributed by atoms with E-state index in [0.29, 0.717) is 44.0 Å². The highest BCUT2D eigenvalue weighted by Crippen LogP contribution is 2.30. The van der Waals surface area contributed by atoms with Gasteiger partial charge in [0.25, 0.3) is 11.8 Å². The molecule has 0 radical (unpaired) electrons. The molecule has 7 heteroatoms. The summed E-state index contributed by atoms with van der Waals surface area (Å²) < 4.78 is 5.46. The van der Waals surface area contributed by atoms with Gasteiger partial charge in [-0.05, 0) is 50.5 Å². The molecule has 1 saturated heterocycles. The van der Waals surface area contributed by atoms with E-state index in [0.717, 1.165) is 41.6 Å². The molecule has 174 valence electrons. The predicted molar refractivity (Wildman–Crippen MR) is 129 cm³/mol. The van der Waals surface area contributed by atoms with Gasteiger partial charge in [-0.25, -0.2) is 0 Å². The molecule has 0 unspecified atom stereocenters. The van der Waals surface area contributed by atoms with Crippen LogP contribution in [0.5, 0.6) is 0 Å². The number of carbonyl (C=O) groups excluding carboxylic acids is 2. The number of carbonyl (C=O) groups is 2.